The van der Waals surface area contributed by atoms with Crippen LogP contribution in [0.2, 0.25) is 0 Å². The Labute approximate surface area is 60.8 Å². The lowest BCUT2D eigenvalue weighted by atomic mass is 9.92. The molecule has 0 atom stereocenters. The zero-order valence-electron chi connectivity index (χ0n) is 5.09. The molecule has 0 fully saturated rings. The molecule has 0 aliphatic heterocycles. The molecule has 0 bridgehead atoms. The lowest BCUT2D eigenvalue weighted by molar-refractivity contribution is -0.136. The molecule has 4 heteroatoms. The second-order valence-corrected chi connectivity index (χ2v) is 2.35. The summed E-state index contributed by atoms with van der Waals surface area (Å²) in [6.07, 6.45) is -0.130. The lowest BCUT2D eigenvalue weighted by Crippen LogP contribution is -1.97. The van der Waals surface area contributed by atoms with E-state index < -0.39 is 5.97 Å². The number of thiol groups is 1. The Hall–Kier alpha value is -0.375. The van der Waals surface area contributed by atoms with Gasteiger partial charge in [0.05, 0.1) is 6.42 Å². The molecule has 0 rings (SSSR count). The standard InChI is InChI=1S/C5H7BO2S/c1-3(9)4(6)2-5(7)8/h9H,2H2,1H3,(H,7,8). The van der Waals surface area contributed by atoms with Crippen molar-refractivity contribution in [3.63, 3.8) is 0 Å². The molecule has 9 heavy (non-hydrogen) atoms. The maximum Gasteiger partial charge on any atom is 0.306 e. The van der Waals surface area contributed by atoms with Gasteiger partial charge in [-0.25, -0.2) is 0 Å². The Kier molecular flexibility index (Phi) is 3.46. The molecule has 0 aromatic rings. The molecule has 0 spiro atoms. The molecule has 0 aromatic carbocycles. The van der Waals surface area contributed by atoms with E-state index in [1.165, 1.54) is 0 Å². The maximum absolute atomic E-state index is 9.97. The molecule has 0 saturated carbocycles. The first-order valence-electron chi connectivity index (χ1n) is 2.40. The Morgan fingerprint density at radius 2 is 2.22 bits per heavy atom. The first-order valence-corrected chi connectivity index (χ1v) is 2.84. The molecule has 0 saturated heterocycles. The van der Waals surface area contributed by atoms with Crippen LogP contribution in [0.1, 0.15) is 13.3 Å². The predicted molar refractivity (Wildman–Crippen MR) is 39.7 cm³/mol. The SMILES string of the molecule is [B]C(CC(=O)O)=C(C)S. The summed E-state index contributed by atoms with van der Waals surface area (Å²) in [5.41, 5.74) is 0.311. The van der Waals surface area contributed by atoms with Crippen molar-refractivity contribution in [2.75, 3.05) is 0 Å². The minimum absolute atomic E-state index is 0.130. The van der Waals surface area contributed by atoms with Crippen molar-refractivity contribution in [3.05, 3.63) is 10.4 Å². The van der Waals surface area contributed by atoms with E-state index in [-0.39, 0.29) is 6.42 Å². The van der Waals surface area contributed by atoms with Crippen molar-refractivity contribution in [1.29, 1.82) is 0 Å². The second kappa shape index (κ2) is 3.61. The van der Waals surface area contributed by atoms with E-state index in [1.54, 1.807) is 6.92 Å². The van der Waals surface area contributed by atoms with Crippen LogP contribution in [0.5, 0.6) is 0 Å². The highest BCUT2D eigenvalue weighted by Crippen LogP contribution is 2.06. The zero-order valence-corrected chi connectivity index (χ0v) is 5.98. The topological polar surface area (TPSA) is 37.3 Å². The molecule has 48 valence electrons. The number of carboxylic acids is 1. The van der Waals surface area contributed by atoms with Crippen LogP contribution in [-0.4, -0.2) is 18.9 Å². The van der Waals surface area contributed by atoms with Crippen LogP contribution in [-0.2, 0) is 4.79 Å². The van der Waals surface area contributed by atoms with Gasteiger partial charge in [0, 0.05) is 0 Å². The normalized spacial score (nSPS) is 12.7. The van der Waals surface area contributed by atoms with E-state index in [0.717, 1.165) is 0 Å². The summed E-state index contributed by atoms with van der Waals surface area (Å²) in [5, 5.41) is 8.18. The van der Waals surface area contributed by atoms with Crippen LogP contribution >= 0.6 is 12.6 Å². The average Bonchev–Trinajstić information content (AvgIpc) is 1.63. The van der Waals surface area contributed by atoms with Gasteiger partial charge in [0.1, 0.15) is 7.85 Å². The van der Waals surface area contributed by atoms with Crippen LogP contribution in [0, 0.1) is 0 Å². The van der Waals surface area contributed by atoms with Gasteiger partial charge in [-0.2, -0.15) is 0 Å². The molecule has 1 N–H and O–H groups in total. The summed E-state index contributed by atoms with van der Waals surface area (Å²) >= 11 is 3.86. The number of allylic oxidation sites excluding steroid dienone is 1. The quantitative estimate of drug-likeness (QED) is 0.441. The third kappa shape index (κ3) is 4.15. The Morgan fingerprint density at radius 3 is 2.33 bits per heavy atom. The molecule has 0 amide bonds. The highest BCUT2D eigenvalue weighted by molar-refractivity contribution is 7.84. The lowest BCUT2D eigenvalue weighted by Gasteiger charge is -1.96. The summed E-state index contributed by atoms with van der Waals surface area (Å²) in [5.74, 6) is -0.930. The fourth-order valence-electron chi connectivity index (χ4n) is 0.291. The molecule has 2 nitrogen and oxygen atoms in total. The van der Waals surface area contributed by atoms with Gasteiger partial charge < -0.3 is 5.11 Å². The molecular weight excluding hydrogens is 135 g/mol. The van der Waals surface area contributed by atoms with Gasteiger partial charge in [0.2, 0.25) is 0 Å². The molecule has 0 aromatic heterocycles. The van der Waals surface area contributed by atoms with E-state index >= 15 is 0 Å². The summed E-state index contributed by atoms with van der Waals surface area (Å²) in [4.78, 5) is 10.5. The van der Waals surface area contributed by atoms with Gasteiger partial charge in [-0.1, -0.05) is 5.47 Å². The summed E-state index contributed by atoms with van der Waals surface area (Å²) in [6.45, 7) is 1.65. The fourth-order valence-corrected chi connectivity index (χ4v) is 0.370. The van der Waals surface area contributed by atoms with Gasteiger partial charge in [0.15, 0.2) is 0 Å². The van der Waals surface area contributed by atoms with Gasteiger partial charge in [0.25, 0.3) is 0 Å². The van der Waals surface area contributed by atoms with E-state index in [4.69, 9.17) is 13.0 Å². The van der Waals surface area contributed by atoms with E-state index in [9.17, 15) is 4.79 Å². The van der Waals surface area contributed by atoms with Crippen molar-refractivity contribution in [3.8, 4) is 0 Å². The third-order valence-corrected chi connectivity index (χ3v) is 1.09. The number of carboxylic acid groups (broad SMARTS) is 1. The molecule has 0 aliphatic carbocycles. The molecule has 0 heterocycles. The smallest absolute Gasteiger partial charge is 0.306 e. The van der Waals surface area contributed by atoms with Crippen LogP contribution in [0.15, 0.2) is 10.4 Å². The number of aliphatic carboxylic acids is 1. The highest BCUT2D eigenvalue weighted by Gasteiger charge is 1.98. The number of rotatable bonds is 2. The number of carbonyl (C=O) groups is 1. The van der Waals surface area contributed by atoms with Gasteiger partial charge in [-0.05, 0) is 11.8 Å². The van der Waals surface area contributed by atoms with Crippen LogP contribution in [0.4, 0.5) is 0 Å². The monoisotopic (exact) mass is 142 g/mol. The van der Waals surface area contributed by atoms with E-state index in [0.29, 0.717) is 10.4 Å². The van der Waals surface area contributed by atoms with Crippen molar-refractivity contribution in [2.24, 2.45) is 0 Å². The molecular formula is C5H7BO2S. The van der Waals surface area contributed by atoms with E-state index in [1.807, 2.05) is 0 Å². The van der Waals surface area contributed by atoms with Gasteiger partial charge in [-0.3, -0.25) is 4.79 Å². The maximum atomic E-state index is 9.97. The molecule has 0 unspecified atom stereocenters. The number of hydrogen-bond donors (Lipinski definition) is 2. The van der Waals surface area contributed by atoms with Crippen molar-refractivity contribution < 1.29 is 9.90 Å². The van der Waals surface area contributed by atoms with Crippen molar-refractivity contribution in [1.82, 2.24) is 0 Å². The van der Waals surface area contributed by atoms with E-state index in [2.05, 4.69) is 12.6 Å². The van der Waals surface area contributed by atoms with Crippen molar-refractivity contribution >= 4 is 26.4 Å². The largest absolute Gasteiger partial charge is 0.481 e. The highest BCUT2D eigenvalue weighted by atomic mass is 32.1. The first kappa shape index (κ1) is 8.62. The fraction of sp³-hybridized carbons (Fsp3) is 0.400. The predicted octanol–water partition coefficient (Wildman–Crippen LogP) is 0.791. The van der Waals surface area contributed by atoms with Crippen molar-refractivity contribution in [2.45, 2.75) is 13.3 Å². The van der Waals surface area contributed by atoms with Gasteiger partial charge in [-0.15, -0.1) is 12.6 Å². The van der Waals surface area contributed by atoms with Crippen LogP contribution < -0.4 is 0 Å². The Bertz CT molecular complexity index is 149. The average molecular weight is 142 g/mol. The minimum Gasteiger partial charge on any atom is -0.481 e. The summed E-state index contributed by atoms with van der Waals surface area (Å²) in [7, 11) is 5.24. The number of hydrogen-bond acceptors (Lipinski definition) is 2. The second-order valence-electron chi connectivity index (χ2n) is 1.68. The Balaban J connectivity index is 3.92. The first-order chi connectivity index (χ1) is 4.04. The zero-order chi connectivity index (χ0) is 7.44. The van der Waals surface area contributed by atoms with Gasteiger partial charge >= 0.3 is 5.97 Å². The summed E-state index contributed by atoms with van der Waals surface area (Å²) < 4.78 is 0. The van der Waals surface area contributed by atoms with Crippen LogP contribution in [0.3, 0.4) is 0 Å². The van der Waals surface area contributed by atoms with Crippen LogP contribution in [0.25, 0.3) is 0 Å². The molecule has 0 aliphatic rings. The third-order valence-electron chi connectivity index (χ3n) is 0.806. The Morgan fingerprint density at radius 1 is 1.78 bits per heavy atom. The minimum atomic E-state index is -0.930. The summed E-state index contributed by atoms with van der Waals surface area (Å²) in [6, 6.07) is 0. The molecule has 2 radical (unpaired) electrons.